The van der Waals surface area contributed by atoms with E-state index in [1.807, 2.05) is 12.2 Å². The predicted molar refractivity (Wildman–Crippen MR) is 126 cm³/mol. The molecule has 33 heavy (non-hydrogen) atoms. The lowest BCUT2D eigenvalue weighted by atomic mass is 9.85. The SMILES string of the molecule is COc1cc(/C=N\N2C(=O)[C@H]3[C@H](C2=O)[C@H]2C=C[C@H]3C2)cc(Cl)c1OCc1ccc(Cl)cc1Cl. The predicted octanol–water partition coefficient (Wildman–Crippen LogP) is 5.38. The molecule has 0 spiro atoms. The van der Waals surface area contributed by atoms with E-state index in [1.165, 1.54) is 13.3 Å². The molecular formula is C24H19Cl3N2O4. The number of methoxy groups -OCH3 is 1. The highest BCUT2D eigenvalue weighted by atomic mass is 35.5. The number of hydrazone groups is 1. The van der Waals surface area contributed by atoms with Crippen molar-refractivity contribution in [2.75, 3.05) is 7.11 Å². The molecule has 4 atom stereocenters. The number of carbonyl (C=O) groups excluding carboxylic acids is 2. The van der Waals surface area contributed by atoms with Gasteiger partial charge in [0.05, 0.1) is 30.2 Å². The molecule has 2 aromatic carbocycles. The summed E-state index contributed by atoms with van der Waals surface area (Å²) in [7, 11) is 1.49. The van der Waals surface area contributed by atoms with Crippen molar-refractivity contribution in [2.24, 2.45) is 28.8 Å². The van der Waals surface area contributed by atoms with Crippen LogP contribution in [0.1, 0.15) is 17.5 Å². The fourth-order valence-corrected chi connectivity index (χ4v) is 5.60. The highest BCUT2D eigenvalue weighted by Gasteiger charge is 2.59. The maximum absolute atomic E-state index is 12.8. The monoisotopic (exact) mass is 504 g/mol. The van der Waals surface area contributed by atoms with E-state index < -0.39 is 0 Å². The van der Waals surface area contributed by atoms with Crippen LogP contribution >= 0.6 is 34.8 Å². The summed E-state index contributed by atoms with van der Waals surface area (Å²) in [5, 5.41) is 6.49. The molecule has 0 radical (unpaired) electrons. The van der Waals surface area contributed by atoms with Crippen molar-refractivity contribution < 1.29 is 19.1 Å². The minimum Gasteiger partial charge on any atom is -0.493 e. The molecule has 3 aliphatic rings. The zero-order valence-corrected chi connectivity index (χ0v) is 19.8. The minimum atomic E-state index is -0.293. The second-order valence-corrected chi connectivity index (χ2v) is 9.54. The number of carbonyl (C=O) groups is 2. The maximum Gasteiger partial charge on any atom is 0.254 e. The van der Waals surface area contributed by atoms with Crippen LogP contribution < -0.4 is 9.47 Å². The second kappa shape index (κ2) is 8.67. The third-order valence-corrected chi connectivity index (χ3v) is 7.28. The standard InChI is InChI=1S/C24H19Cl3N2O4/c1-32-19-7-12(6-18(27)22(19)33-11-15-4-5-16(25)9-17(15)26)10-28-29-23(30)20-13-2-3-14(8-13)21(20)24(29)31/h2-7,9-10,13-14,20-21H,8,11H2,1H3/b28-10-/t13-,14-,20+,21+/m0/s1. The zero-order valence-electron chi connectivity index (χ0n) is 17.5. The molecule has 1 saturated heterocycles. The van der Waals surface area contributed by atoms with Gasteiger partial charge in [-0.25, -0.2) is 0 Å². The number of hydrogen-bond donors (Lipinski definition) is 0. The Morgan fingerprint density at radius 3 is 2.36 bits per heavy atom. The number of benzene rings is 2. The van der Waals surface area contributed by atoms with E-state index in [4.69, 9.17) is 44.3 Å². The van der Waals surface area contributed by atoms with E-state index in [9.17, 15) is 9.59 Å². The average Bonchev–Trinajstić information content (AvgIpc) is 3.46. The Morgan fingerprint density at radius 1 is 1.03 bits per heavy atom. The van der Waals surface area contributed by atoms with Gasteiger partial charge in [-0.05, 0) is 48.1 Å². The van der Waals surface area contributed by atoms with Gasteiger partial charge in [0.25, 0.3) is 11.8 Å². The van der Waals surface area contributed by atoms with Gasteiger partial charge in [0.15, 0.2) is 11.5 Å². The number of nitrogens with zero attached hydrogens (tertiary/aromatic N) is 2. The van der Waals surface area contributed by atoms with E-state index in [2.05, 4.69) is 5.10 Å². The van der Waals surface area contributed by atoms with E-state index in [-0.39, 0.29) is 42.1 Å². The molecule has 5 rings (SSSR count). The normalized spacial score (nSPS) is 25.4. The van der Waals surface area contributed by atoms with E-state index in [0.29, 0.717) is 32.1 Å². The van der Waals surface area contributed by atoms with Crippen LogP contribution in [0.4, 0.5) is 0 Å². The van der Waals surface area contributed by atoms with Crippen LogP contribution in [0.5, 0.6) is 11.5 Å². The van der Waals surface area contributed by atoms with Gasteiger partial charge in [-0.3, -0.25) is 9.59 Å². The first-order valence-corrected chi connectivity index (χ1v) is 11.5. The van der Waals surface area contributed by atoms with Crippen LogP contribution in [0.3, 0.4) is 0 Å². The number of ether oxygens (including phenoxy) is 2. The number of allylic oxidation sites excluding steroid dienone is 2. The quantitative estimate of drug-likeness (QED) is 0.300. The van der Waals surface area contributed by atoms with Crippen molar-refractivity contribution in [3.8, 4) is 11.5 Å². The number of fused-ring (bicyclic) bond motifs is 5. The van der Waals surface area contributed by atoms with Gasteiger partial charge >= 0.3 is 0 Å². The number of imide groups is 1. The molecule has 1 heterocycles. The molecule has 0 aromatic heterocycles. The molecule has 2 aromatic rings. The van der Waals surface area contributed by atoms with Crippen molar-refractivity contribution in [1.82, 2.24) is 5.01 Å². The minimum absolute atomic E-state index is 0.136. The summed E-state index contributed by atoms with van der Waals surface area (Å²) in [4.78, 5) is 25.6. The summed E-state index contributed by atoms with van der Waals surface area (Å²) in [5.74, 6) is -0.0722. The van der Waals surface area contributed by atoms with Gasteiger partial charge in [-0.1, -0.05) is 53.0 Å². The Morgan fingerprint density at radius 2 is 1.73 bits per heavy atom. The van der Waals surface area contributed by atoms with Crippen LogP contribution in [-0.2, 0) is 16.2 Å². The van der Waals surface area contributed by atoms with Crippen LogP contribution in [0.15, 0.2) is 47.6 Å². The van der Waals surface area contributed by atoms with Crippen LogP contribution in [0.25, 0.3) is 0 Å². The molecule has 1 saturated carbocycles. The van der Waals surface area contributed by atoms with Crippen LogP contribution in [0.2, 0.25) is 15.1 Å². The van der Waals surface area contributed by atoms with Crippen molar-refractivity contribution in [3.63, 3.8) is 0 Å². The van der Waals surface area contributed by atoms with Crippen molar-refractivity contribution in [3.05, 3.63) is 68.7 Å². The first kappa shape index (κ1) is 22.3. The molecule has 1 aliphatic heterocycles. The first-order chi connectivity index (χ1) is 15.9. The molecule has 2 bridgehead atoms. The summed E-state index contributed by atoms with van der Waals surface area (Å²) in [6.07, 6.45) is 6.40. The number of hydrogen-bond acceptors (Lipinski definition) is 5. The third kappa shape index (κ3) is 3.90. The molecular weight excluding hydrogens is 487 g/mol. The smallest absolute Gasteiger partial charge is 0.254 e. The molecule has 2 aliphatic carbocycles. The van der Waals surface area contributed by atoms with Gasteiger partial charge in [-0.15, -0.1) is 0 Å². The third-order valence-electron chi connectivity index (χ3n) is 6.41. The number of amides is 2. The Kier molecular flexibility index (Phi) is 5.85. The molecule has 0 unspecified atom stereocenters. The molecule has 9 heteroatoms. The Bertz CT molecular complexity index is 1180. The van der Waals surface area contributed by atoms with Gasteiger partial charge < -0.3 is 9.47 Å². The molecule has 0 N–H and O–H groups in total. The fourth-order valence-electron chi connectivity index (χ4n) is 4.87. The summed E-state index contributed by atoms with van der Waals surface area (Å²) in [6, 6.07) is 8.43. The molecule has 170 valence electrons. The summed E-state index contributed by atoms with van der Waals surface area (Å²) in [6.45, 7) is 0.162. The summed E-state index contributed by atoms with van der Waals surface area (Å²) < 4.78 is 11.3. The van der Waals surface area contributed by atoms with E-state index in [0.717, 1.165) is 17.0 Å². The Balaban J connectivity index is 1.33. The Labute approximate surface area is 205 Å². The lowest BCUT2D eigenvalue weighted by molar-refractivity contribution is -0.140. The van der Waals surface area contributed by atoms with E-state index >= 15 is 0 Å². The summed E-state index contributed by atoms with van der Waals surface area (Å²) >= 11 is 18.6. The fraction of sp³-hybridized carbons (Fsp3) is 0.292. The van der Waals surface area contributed by atoms with Gasteiger partial charge in [0, 0.05) is 15.6 Å². The van der Waals surface area contributed by atoms with Crippen LogP contribution in [0, 0.1) is 23.7 Å². The average molecular weight is 506 g/mol. The van der Waals surface area contributed by atoms with Gasteiger partial charge in [-0.2, -0.15) is 10.1 Å². The molecule has 6 nitrogen and oxygen atoms in total. The lowest BCUT2D eigenvalue weighted by Gasteiger charge is -2.14. The Hall–Kier alpha value is -2.54. The van der Waals surface area contributed by atoms with Gasteiger partial charge in [0.1, 0.15) is 6.61 Å². The van der Waals surface area contributed by atoms with Crippen molar-refractivity contribution in [2.45, 2.75) is 13.0 Å². The maximum atomic E-state index is 12.8. The van der Waals surface area contributed by atoms with Gasteiger partial charge in [0.2, 0.25) is 0 Å². The number of rotatable bonds is 6. The topological polar surface area (TPSA) is 68.2 Å². The van der Waals surface area contributed by atoms with Crippen molar-refractivity contribution >= 4 is 52.8 Å². The lowest BCUT2D eigenvalue weighted by Crippen LogP contribution is -2.28. The first-order valence-electron chi connectivity index (χ1n) is 10.4. The highest BCUT2D eigenvalue weighted by Crippen LogP contribution is 2.52. The summed E-state index contributed by atoms with van der Waals surface area (Å²) in [5.41, 5.74) is 1.30. The highest BCUT2D eigenvalue weighted by molar-refractivity contribution is 6.35. The molecule has 2 amide bonds. The number of halogens is 3. The second-order valence-electron chi connectivity index (χ2n) is 8.29. The molecule has 2 fully saturated rings. The van der Waals surface area contributed by atoms with E-state index in [1.54, 1.807) is 30.3 Å². The largest absolute Gasteiger partial charge is 0.493 e. The van der Waals surface area contributed by atoms with Crippen molar-refractivity contribution in [1.29, 1.82) is 0 Å². The van der Waals surface area contributed by atoms with Crippen LogP contribution in [-0.4, -0.2) is 30.1 Å². The zero-order chi connectivity index (χ0) is 23.3.